The SMILES string of the molecule is CC(C)(O)C(C)(C)OSc1cc(N)cc(Br)c1. The zero-order chi connectivity index (χ0) is 13.3. The third-order valence-electron chi connectivity index (χ3n) is 2.71. The first-order valence-electron chi connectivity index (χ1n) is 5.26. The van der Waals surface area contributed by atoms with Gasteiger partial charge in [0, 0.05) is 27.1 Å². The molecule has 0 bridgehead atoms. The Hall–Kier alpha value is -0.230. The van der Waals surface area contributed by atoms with E-state index in [9.17, 15) is 5.11 Å². The van der Waals surface area contributed by atoms with E-state index < -0.39 is 11.2 Å². The van der Waals surface area contributed by atoms with E-state index in [0.717, 1.165) is 9.37 Å². The van der Waals surface area contributed by atoms with Gasteiger partial charge < -0.3 is 15.0 Å². The van der Waals surface area contributed by atoms with Crippen molar-refractivity contribution in [3.05, 3.63) is 22.7 Å². The van der Waals surface area contributed by atoms with E-state index in [-0.39, 0.29) is 0 Å². The first kappa shape index (κ1) is 14.8. The highest BCUT2D eigenvalue weighted by Gasteiger charge is 2.36. The predicted octanol–water partition coefficient (Wildman–Crippen LogP) is 3.60. The smallest absolute Gasteiger partial charge is 0.106 e. The summed E-state index contributed by atoms with van der Waals surface area (Å²) < 4.78 is 6.59. The van der Waals surface area contributed by atoms with Gasteiger partial charge in [-0.3, -0.25) is 0 Å². The minimum Gasteiger partial charge on any atom is -0.399 e. The summed E-state index contributed by atoms with van der Waals surface area (Å²) in [5, 5.41) is 9.96. The number of benzene rings is 1. The second-order valence-electron chi connectivity index (χ2n) is 4.96. The number of nitrogens with two attached hydrogens (primary N) is 1. The highest BCUT2D eigenvalue weighted by atomic mass is 79.9. The highest BCUT2D eigenvalue weighted by molar-refractivity contribution is 9.10. The molecule has 0 aliphatic carbocycles. The van der Waals surface area contributed by atoms with Gasteiger partial charge in [-0.1, -0.05) is 15.9 Å². The van der Waals surface area contributed by atoms with Crippen LogP contribution in [-0.4, -0.2) is 16.3 Å². The second kappa shape index (κ2) is 5.18. The summed E-state index contributed by atoms with van der Waals surface area (Å²) in [6.45, 7) is 7.15. The molecule has 17 heavy (non-hydrogen) atoms. The number of halogens is 1. The van der Waals surface area contributed by atoms with Crippen LogP contribution in [0.25, 0.3) is 0 Å². The molecule has 0 saturated heterocycles. The van der Waals surface area contributed by atoms with E-state index in [2.05, 4.69) is 15.9 Å². The van der Waals surface area contributed by atoms with Crippen molar-refractivity contribution in [3.8, 4) is 0 Å². The Morgan fingerprint density at radius 1 is 1.24 bits per heavy atom. The van der Waals surface area contributed by atoms with E-state index in [4.69, 9.17) is 9.92 Å². The Labute approximate surface area is 115 Å². The molecule has 0 atom stereocenters. The van der Waals surface area contributed by atoms with Crippen LogP contribution in [0.2, 0.25) is 0 Å². The predicted molar refractivity (Wildman–Crippen MR) is 75.9 cm³/mol. The summed E-state index contributed by atoms with van der Waals surface area (Å²) in [4.78, 5) is 0.897. The minimum atomic E-state index is -0.919. The van der Waals surface area contributed by atoms with Crippen molar-refractivity contribution in [3.63, 3.8) is 0 Å². The van der Waals surface area contributed by atoms with Gasteiger partial charge in [-0.15, -0.1) is 0 Å². The van der Waals surface area contributed by atoms with Crippen LogP contribution in [0, 0.1) is 0 Å². The lowest BCUT2D eigenvalue weighted by Crippen LogP contribution is -2.45. The zero-order valence-corrected chi connectivity index (χ0v) is 12.9. The fourth-order valence-corrected chi connectivity index (χ4v) is 2.42. The number of hydrogen-bond donors (Lipinski definition) is 2. The van der Waals surface area contributed by atoms with Gasteiger partial charge in [0.05, 0.1) is 5.60 Å². The topological polar surface area (TPSA) is 55.5 Å². The first-order chi connectivity index (χ1) is 7.62. The molecule has 0 spiro atoms. The normalized spacial score (nSPS) is 12.8. The van der Waals surface area contributed by atoms with Crippen molar-refractivity contribution in [2.75, 3.05) is 5.73 Å². The molecule has 0 heterocycles. The van der Waals surface area contributed by atoms with Crippen LogP contribution in [0.3, 0.4) is 0 Å². The average molecular weight is 320 g/mol. The Balaban J connectivity index is 2.74. The van der Waals surface area contributed by atoms with Crippen molar-refractivity contribution in [2.45, 2.75) is 43.8 Å². The number of anilines is 1. The third kappa shape index (κ3) is 4.17. The van der Waals surface area contributed by atoms with E-state index in [0.29, 0.717) is 5.69 Å². The maximum Gasteiger partial charge on any atom is 0.106 e. The second-order valence-corrected chi connectivity index (χ2v) is 6.68. The maximum atomic E-state index is 9.96. The van der Waals surface area contributed by atoms with E-state index in [1.165, 1.54) is 12.0 Å². The average Bonchev–Trinajstić information content (AvgIpc) is 2.11. The molecule has 5 heteroatoms. The molecule has 0 aliphatic rings. The monoisotopic (exact) mass is 319 g/mol. The molecule has 3 N–H and O–H groups in total. The lowest BCUT2D eigenvalue weighted by atomic mass is 9.90. The van der Waals surface area contributed by atoms with Crippen LogP contribution in [0.4, 0.5) is 5.69 Å². The molecule has 0 radical (unpaired) electrons. The fraction of sp³-hybridized carbons (Fsp3) is 0.500. The van der Waals surface area contributed by atoms with Crippen molar-refractivity contribution < 1.29 is 9.29 Å². The number of rotatable bonds is 4. The van der Waals surface area contributed by atoms with Crippen molar-refractivity contribution in [1.29, 1.82) is 0 Å². The summed E-state index contributed by atoms with van der Waals surface area (Å²) >= 11 is 4.59. The lowest BCUT2D eigenvalue weighted by molar-refractivity contribution is -0.0813. The molecule has 0 aliphatic heterocycles. The van der Waals surface area contributed by atoms with Gasteiger partial charge in [0.15, 0.2) is 0 Å². The highest BCUT2D eigenvalue weighted by Crippen LogP contribution is 2.34. The molecule has 96 valence electrons. The zero-order valence-electron chi connectivity index (χ0n) is 10.5. The standard InChI is InChI=1S/C12H18BrNO2S/c1-11(2,15)12(3,4)16-17-10-6-8(13)5-9(14)7-10/h5-7,15H,14H2,1-4H3. The van der Waals surface area contributed by atoms with Gasteiger partial charge in [-0.2, -0.15) is 0 Å². The fourth-order valence-electron chi connectivity index (χ4n) is 0.887. The molecule has 1 aromatic rings. The molecule has 3 nitrogen and oxygen atoms in total. The quantitative estimate of drug-likeness (QED) is 0.657. The third-order valence-corrected chi connectivity index (χ3v) is 4.10. The molecule has 0 aromatic heterocycles. The largest absolute Gasteiger partial charge is 0.399 e. The van der Waals surface area contributed by atoms with Gasteiger partial charge in [0.1, 0.15) is 5.60 Å². The van der Waals surface area contributed by atoms with Gasteiger partial charge >= 0.3 is 0 Å². The molecule has 1 aromatic carbocycles. The minimum absolute atomic E-state index is 0.658. The Morgan fingerprint density at radius 2 is 1.82 bits per heavy atom. The summed E-state index contributed by atoms with van der Waals surface area (Å²) in [6.07, 6.45) is 0. The van der Waals surface area contributed by atoms with Crippen molar-refractivity contribution in [2.24, 2.45) is 0 Å². The van der Waals surface area contributed by atoms with Crippen LogP contribution in [0.5, 0.6) is 0 Å². The van der Waals surface area contributed by atoms with Crippen LogP contribution < -0.4 is 5.73 Å². The van der Waals surface area contributed by atoms with Crippen molar-refractivity contribution >= 4 is 33.7 Å². The van der Waals surface area contributed by atoms with Gasteiger partial charge in [-0.25, -0.2) is 0 Å². The molecule has 0 fully saturated rings. The van der Waals surface area contributed by atoms with E-state index in [1.807, 2.05) is 32.0 Å². The summed E-state index contributed by atoms with van der Waals surface area (Å²) in [5.41, 5.74) is 4.83. The Kier molecular flexibility index (Phi) is 4.52. The van der Waals surface area contributed by atoms with Gasteiger partial charge in [0.2, 0.25) is 0 Å². The van der Waals surface area contributed by atoms with Crippen molar-refractivity contribution in [1.82, 2.24) is 0 Å². The molecule has 0 amide bonds. The van der Waals surface area contributed by atoms with Crippen LogP contribution >= 0.6 is 28.0 Å². The maximum absolute atomic E-state index is 9.96. The summed E-state index contributed by atoms with van der Waals surface area (Å²) in [7, 11) is 0. The Bertz CT molecular complexity index is 382. The molecule has 1 rings (SSSR count). The molecule has 0 unspecified atom stereocenters. The number of hydrogen-bond acceptors (Lipinski definition) is 4. The summed E-state index contributed by atoms with van der Waals surface area (Å²) in [5.74, 6) is 0. The summed E-state index contributed by atoms with van der Waals surface area (Å²) in [6, 6.07) is 5.57. The van der Waals surface area contributed by atoms with Crippen LogP contribution in [0.15, 0.2) is 27.6 Å². The van der Waals surface area contributed by atoms with E-state index >= 15 is 0 Å². The van der Waals surface area contributed by atoms with Gasteiger partial charge in [0.25, 0.3) is 0 Å². The number of aliphatic hydroxyl groups is 1. The molecular weight excluding hydrogens is 302 g/mol. The van der Waals surface area contributed by atoms with Gasteiger partial charge in [-0.05, 0) is 45.9 Å². The van der Waals surface area contributed by atoms with Crippen LogP contribution in [0.1, 0.15) is 27.7 Å². The Morgan fingerprint density at radius 3 is 2.29 bits per heavy atom. The molecule has 0 saturated carbocycles. The lowest BCUT2D eigenvalue weighted by Gasteiger charge is -2.35. The number of nitrogen functional groups attached to an aromatic ring is 1. The molecular formula is C12H18BrNO2S. The van der Waals surface area contributed by atoms with Crippen LogP contribution in [-0.2, 0) is 4.18 Å². The first-order valence-corrected chi connectivity index (χ1v) is 6.79. The van der Waals surface area contributed by atoms with E-state index in [1.54, 1.807) is 13.8 Å².